The minimum Gasteiger partial charge on any atom is -0.481 e. The van der Waals surface area contributed by atoms with E-state index in [1.165, 1.54) is 0 Å². The summed E-state index contributed by atoms with van der Waals surface area (Å²) in [5, 5.41) is 8.05. The van der Waals surface area contributed by atoms with Crippen molar-refractivity contribution in [2.45, 2.75) is 0 Å². The van der Waals surface area contributed by atoms with Gasteiger partial charge in [0.2, 0.25) is 0 Å². The number of thioether (sulfide) groups is 1. The predicted octanol–water partition coefficient (Wildman–Crippen LogP) is -0.0653. The summed E-state index contributed by atoms with van der Waals surface area (Å²) in [6.07, 6.45) is 0. The third-order valence-electron chi connectivity index (χ3n) is 0.445. The maximum absolute atomic E-state index is 9.80. The van der Waals surface area contributed by atoms with Crippen LogP contribution in [-0.4, -0.2) is 29.2 Å². The minimum absolute atomic E-state index is 0.0339. The number of carbonyl (C=O) groups excluding carboxylic acids is 1. The lowest BCUT2D eigenvalue weighted by Gasteiger charge is -1.92. The Balaban J connectivity index is 2.91. The molecule has 0 aliphatic carbocycles. The summed E-state index contributed by atoms with van der Waals surface area (Å²) in [6.45, 7) is 0.287. The van der Waals surface area contributed by atoms with Gasteiger partial charge in [0.25, 0.3) is 6.47 Å². The third-order valence-corrected chi connectivity index (χ3v) is 1.20. The molecule has 0 aromatic heterocycles. The Bertz CT molecular complexity index is 103. The highest BCUT2D eigenvalue weighted by Crippen LogP contribution is 1.97. The largest absolute Gasteiger partial charge is 0.481 e. The average Bonchev–Trinajstić information content (AvgIpc) is 1.80. The molecule has 0 aliphatic heterocycles. The lowest BCUT2D eigenvalue weighted by molar-refractivity contribution is -0.134. The standard InChI is InChI=1S/C4H6O4S/c5-2-8-3-9-1-4(6)7/h2H,1,3H2,(H,6,7). The summed E-state index contributed by atoms with van der Waals surface area (Å²) in [4.78, 5) is 19.3. The van der Waals surface area contributed by atoms with Crippen molar-refractivity contribution in [3.63, 3.8) is 0 Å². The Morgan fingerprint density at radius 1 is 1.78 bits per heavy atom. The van der Waals surface area contributed by atoms with Crippen LogP contribution in [0.4, 0.5) is 0 Å². The van der Waals surface area contributed by atoms with Gasteiger partial charge in [0, 0.05) is 0 Å². The first-order valence-electron chi connectivity index (χ1n) is 2.12. The average molecular weight is 150 g/mol. The van der Waals surface area contributed by atoms with Gasteiger partial charge in [-0.1, -0.05) is 0 Å². The molecule has 0 unspecified atom stereocenters. The van der Waals surface area contributed by atoms with E-state index >= 15 is 0 Å². The number of rotatable bonds is 5. The molecule has 0 saturated carbocycles. The van der Waals surface area contributed by atoms with Gasteiger partial charge in [0.1, 0.15) is 5.94 Å². The van der Waals surface area contributed by atoms with E-state index < -0.39 is 5.97 Å². The molecular formula is C4H6O4S. The van der Waals surface area contributed by atoms with Gasteiger partial charge in [-0.3, -0.25) is 9.59 Å². The summed E-state index contributed by atoms with van der Waals surface area (Å²) in [5.74, 6) is -0.835. The molecular weight excluding hydrogens is 144 g/mol. The highest BCUT2D eigenvalue weighted by atomic mass is 32.2. The predicted molar refractivity (Wildman–Crippen MR) is 32.1 cm³/mol. The molecule has 0 radical (unpaired) electrons. The summed E-state index contributed by atoms with van der Waals surface area (Å²) in [6, 6.07) is 0. The van der Waals surface area contributed by atoms with Crippen LogP contribution in [0.5, 0.6) is 0 Å². The Morgan fingerprint density at radius 2 is 2.44 bits per heavy atom. The first-order chi connectivity index (χ1) is 4.27. The van der Waals surface area contributed by atoms with Gasteiger partial charge in [0.05, 0.1) is 5.75 Å². The molecule has 0 rings (SSSR count). The van der Waals surface area contributed by atoms with E-state index in [1.54, 1.807) is 0 Å². The van der Waals surface area contributed by atoms with Crippen molar-refractivity contribution in [3.05, 3.63) is 0 Å². The Kier molecular flexibility index (Phi) is 5.00. The molecule has 0 aromatic rings. The topological polar surface area (TPSA) is 63.6 Å². The molecule has 0 amide bonds. The summed E-state index contributed by atoms with van der Waals surface area (Å²) < 4.78 is 4.20. The zero-order chi connectivity index (χ0) is 7.11. The molecule has 0 atom stereocenters. The van der Waals surface area contributed by atoms with E-state index in [0.717, 1.165) is 11.8 Å². The first-order valence-corrected chi connectivity index (χ1v) is 3.27. The highest BCUT2D eigenvalue weighted by Gasteiger charge is 1.94. The Hall–Kier alpha value is -0.710. The van der Waals surface area contributed by atoms with Crippen molar-refractivity contribution < 1.29 is 19.4 Å². The fraction of sp³-hybridized carbons (Fsp3) is 0.500. The molecule has 9 heavy (non-hydrogen) atoms. The molecule has 0 aromatic carbocycles. The molecule has 0 aliphatic rings. The maximum atomic E-state index is 9.80. The lowest BCUT2D eigenvalue weighted by Crippen LogP contribution is -1.99. The quantitative estimate of drug-likeness (QED) is 0.338. The molecule has 5 heteroatoms. The van der Waals surface area contributed by atoms with Gasteiger partial charge in [-0.15, -0.1) is 11.8 Å². The van der Waals surface area contributed by atoms with E-state index in [-0.39, 0.29) is 18.2 Å². The van der Waals surface area contributed by atoms with E-state index in [1.807, 2.05) is 0 Å². The normalized spacial score (nSPS) is 8.44. The van der Waals surface area contributed by atoms with Crippen molar-refractivity contribution in [2.75, 3.05) is 11.7 Å². The van der Waals surface area contributed by atoms with Crippen molar-refractivity contribution in [1.29, 1.82) is 0 Å². The summed E-state index contributed by atoms with van der Waals surface area (Å²) >= 11 is 1.03. The van der Waals surface area contributed by atoms with Crippen LogP contribution in [0, 0.1) is 0 Å². The maximum Gasteiger partial charge on any atom is 0.313 e. The van der Waals surface area contributed by atoms with Gasteiger partial charge >= 0.3 is 5.97 Å². The fourth-order valence-electron chi connectivity index (χ4n) is 0.205. The third kappa shape index (κ3) is 7.29. The second kappa shape index (κ2) is 5.43. The number of carboxylic acids is 1. The second-order valence-electron chi connectivity index (χ2n) is 1.12. The monoisotopic (exact) mass is 150 g/mol. The van der Waals surface area contributed by atoms with Crippen LogP contribution in [0.15, 0.2) is 0 Å². The molecule has 0 spiro atoms. The number of hydrogen-bond acceptors (Lipinski definition) is 4. The Labute approximate surface area is 56.2 Å². The van der Waals surface area contributed by atoms with Gasteiger partial charge in [0.15, 0.2) is 0 Å². The first kappa shape index (κ1) is 8.29. The zero-order valence-electron chi connectivity index (χ0n) is 4.57. The smallest absolute Gasteiger partial charge is 0.313 e. The number of carbonyl (C=O) groups is 2. The van der Waals surface area contributed by atoms with Crippen molar-refractivity contribution in [2.24, 2.45) is 0 Å². The van der Waals surface area contributed by atoms with Crippen LogP contribution in [0.3, 0.4) is 0 Å². The summed E-state index contributed by atoms with van der Waals surface area (Å²) in [7, 11) is 0. The second-order valence-corrected chi connectivity index (χ2v) is 2.06. The molecule has 0 saturated heterocycles. The molecule has 4 nitrogen and oxygen atoms in total. The van der Waals surface area contributed by atoms with Crippen molar-refractivity contribution >= 4 is 24.2 Å². The van der Waals surface area contributed by atoms with Crippen LogP contribution in [0.25, 0.3) is 0 Å². The molecule has 52 valence electrons. The van der Waals surface area contributed by atoms with Crippen LogP contribution in [-0.2, 0) is 14.3 Å². The van der Waals surface area contributed by atoms with Crippen LogP contribution in [0.2, 0.25) is 0 Å². The highest BCUT2D eigenvalue weighted by molar-refractivity contribution is 7.99. The zero-order valence-corrected chi connectivity index (χ0v) is 5.39. The van der Waals surface area contributed by atoms with Gasteiger partial charge in [-0.2, -0.15) is 0 Å². The van der Waals surface area contributed by atoms with Crippen molar-refractivity contribution in [1.82, 2.24) is 0 Å². The van der Waals surface area contributed by atoms with Gasteiger partial charge in [-0.05, 0) is 0 Å². The molecule has 0 bridgehead atoms. The van der Waals surface area contributed by atoms with E-state index in [2.05, 4.69) is 4.74 Å². The molecule has 0 fully saturated rings. The Morgan fingerprint density at radius 3 is 2.89 bits per heavy atom. The van der Waals surface area contributed by atoms with E-state index in [4.69, 9.17) is 5.11 Å². The number of aliphatic carboxylic acids is 1. The molecule has 0 heterocycles. The van der Waals surface area contributed by atoms with E-state index in [9.17, 15) is 9.59 Å². The fourth-order valence-corrected chi connectivity index (χ4v) is 0.615. The van der Waals surface area contributed by atoms with Gasteiger partial charge in [-0.25, -0.2) is 0 Å². The van der Waals surface area contributed by atoms with Crippen LogP contribution >= 0.6 is 11.8 Å². The number of carboxylic acid groups (broad SMARTS) is 1. The van der Waals surface area contributed by atoms with Gasteiger partial charge < -0.3 is 9.84 Å². The minimum atomic E-state index is -0.908. The molecule has 1 N–H and O–H groups in total. The number of hydrogen-bond donors (Lipinski definition) is 1. The summed E-state index contributed by atoms with van der Waals surface area (Å²) in [5.41, 5.74) is 0. The van der Waals surface area contributed by atoms with Crippen molar-refractivity contribution in [3.8, 4) is 0 Å². The number of ether oxygens (including phenoxy) is 1. The van der Waals surface area contributed by atoms with Crippen LogP contribution < -0.4 is 0 Å². The van der Waals surface area contributed by atoms with E-state index in [0.29, 0.717) is 0 Å². The lowest BCUT2D eigenvalue weighted by atomic mass is 10.8. The van der Waals surface area contributed by atoms with Crippen LogP contribution in [0.1, 0.15) is 0 Å². The SMILES string of the molecule is O=COCSCC(=O)O.